The highest BCUT2D eigenvalue weighted by molar-refractivity contribution is 6.53. The molecule has 2 nitrogen and oxygen atoms in total. The highest BCUT2D eigenvalue weighted by Crippen LogP contribution is 2.08. The summed E-state index contributed by atoms with van der Waals surface area (Å²) in [5.41, 5.74) is 0. The van der Waals surface area contributed by atoms with Gasteiger partial charge in [0.05, 0.1) is 0 Å². The lowest BCUT2D eigenvalue weighted by Gasteiger charge is -2.23. The SMILES string of the molecule is CCN(CC(C)C)C(=O)C(Cl)Cl. The summed E-state index contributed by atoms with van der Waals surface area (Å²) in [7, 11) is 0. The zero-order valence-corrected chi connectivity index (χ0v) is 9.19. The average Bonchev–Trinajstić information content (AvgIpc) is 1.98. The van der Waals surface area contributed by atoms with Crippen LogP contribution in [0, 0.1) is 5.92 Å². The summed E-state index contributed by atoms with van der Waals surface area (Å²) in [6.45, 7) is 7.38. The third-order valence-corrected chi connectivity index (χ3v) is 1.84. The fraction of sp³-hybridized carbons (Fsp3) is 0.875. The summed E-state index contributed by atoms with van der Waals surface area (Å²) in [6.07, 6.45) is 0. The number of amides is 1. The van der Waals surface area contributed by atoms with E-state index >= 15 is 0 Å². The molecule has 0 spiro atoms. The van der Waals surface area contributed by atoms with Gasteiger partial charge in [-0.2, -0.15) is 0 Å². The molecule has 0 rings (SSSR count). The van der Waals surface area contributed by atoms with Crippen molar-refractivity contribution < 1.29 is 4.79 Å². The topological polar surface area (TPSA) is 20.3 Å². The van der Waals surface area contributed by atoms with Crippen molar-refractivity contribution in [2.24, 2.45) is 5.92 Å². The predicted octanol–water partition coefficient (Wildman–Crippen LogP) is 2.29. The summed E-state index contributed by atoms with van der Waals surface area (Å²) < 4.78 is 0. The first-order valence-electron chi connectivity index (χ1n) is 4.06. The number of nitrogens with zero attached hydrogens (tertiary/aromatic N) is 1. The summed E-state index contributed by atoms with van der Waals surface area (Å²) in [4.78, 5) is 12.0. The van der Waals surface area contributed by atoms with E-state index < -0.39 is 4.84 Å². The van der Waals surface area contributed by atoms with Crippen LogP contribution in [-0.2, 0) is 4.79 Å². The molecule has 0 bridgehead atoms. The van der Waals surface area contributed by atoms with Crippen LogP contribution in [0.25, 0.3) is 0 Å². The molecule has 0 heterocycles. The van der Waals surface area contributed by atoms with E-state index in [2.05, 4.69) is 0 Å². The zero-order valence-electron chi connectivity index (χ0n) is 7.68. The number of rotatable bonds is 4. The molecule has 0 saturated heterocycles. The molecule has 0 aliphatic heterocycles. The van der Waals surface area contributed by atoms with Gasteiger partial charge in [0.15, 0.2) is 4.84 Å². The zero-order chi connectivity index (χ0) is 9.72. The second kappa shape index (κ2) is 5.65. The van der Waals surface area contributed by atoms with Gasteiger partial charge in [0, 0.05) is 13.1 Å². The summed E-state index contributed by atoms with van der Waals surface area (Å²) in [5.74, 6) is 0.246. The fourth-order valence-electron chi connectivity index (χ4n) is 0.954. The van der Waals surface area contributed by atoms with Crippen LogP contribution in [0.3, 0.4) is 0 Å². The van der Waals surface area contributed by atoms with Gasteiger partial charge in [-0.25, -0.2) is 0 Å². The number of halogens is 2. The first-order valence-corrected chi connectivity index (χ1v) is 4.93. The second-order valence-electron chi connectivity index (χ2n) is 3.07. The molecule has 0 aromatic carbocycles. The van der Waals surface area contributed by atoms with Gasteiger partial charge in [-0.05, 0) is 12.8 Å². The fourth-order valence-corrected chi connectivity index (χ4v) is 1.23. The van der Waals surface area contributed by atoms with E-state index in [1.165, 1.54) is 0 Å². The molecule has 0 aliphatic rings. The van der Waals surface area contributed by atoms with Crippen molar-refractivity contribution >= 4 is 29.1 Å². The molecule has 72 valence electrons. The van der Waals surface area contributed by atoms with Crippen molar-refractivity contribution in [1.82, 2.24) is 4.90 Å². The molecule has 12 heavy (non-hydrogen) atoms. The number of hydrogen-bond acceptors (Lipinski definition) is 1. The lowest BCUT2D eigenvalue weighted by Crippen LogP contribution is -2.37. The van der Waals surface area contributed by atoms with E-state index in [4.69, 9.17) is 23.2 Å². The normalized spacial score (nSPS) is 10.9. The Morgan fingerprint density at radius 1 is 1.42 bits per heavy atom. The van der Waals surface area contributed by atoms with Crippen molar-refractivity contribution in [2.45, 2.75) is 25.6 Å². The molecule has 0 aliphatic carbocycles. The van der Waals surface area contributed by atoms with E-state index in [1.807, 2.05) is 20.8 Å². The maximum atomic E-state index is 11.3. The Morgan fingerprint density at radius 2 is 1.92 bits per heavy atom. The van der Waals surface area contributed by atoms with Crippen LogP contribution in [0.4, 0.5) is 0 Å². The van der Waals surface area contributed by atoms with Gasteiger partial charge in [-0.1, -0.05) is 37.0 Å². The number of alkyl halides is 2. The lowest BCUT2D eigenvalue weighted by atomic mass is 10.2. The van der Waals surface area contributed by atoms with Crippen LogP contribution in [0.1, 0.15) is 20.8 Å². The third-order valence-electron chi connectivity index (χ3n) is 1.47. The molecule has 0 unspecified atom stereocenters. The molecule has 4 heteroatoms. The predicted molar refractivity (Wildman–Crippen MR) is 52.6 cm³/mol. The Kier molecular flexibility index (Phi) is 5.68. The maximum Gasteiger partial charge on any atom is 0.255 e. The van der Waals surface area contributed by atoms with Crippen molar-refractivity contribution in [3.63, 3.8) is 0 Å². The first-order chi connectivity index (χ1) is 5.49. The first kappa shape index (κ1) is 12.0. The minimum atomic E-state index is -0.927. The Hall–Kier alpha value is 0.0500. The van der Waals surface area contributed by atoms with Gasteiger partial charge in [-0.3, -0.25) is 4.79 Å². The number of carbonyl (C=O) groups is 1. The van der Waals surface area contributed by atoms with E-state index in [0.29, 0.717) is 19.0 Å². The van der Waals surface area contributed by atoms with E-state index in [0.717, 1.165) is 0 Å². The van der Waals surface area contributed by atoms with Crippen molar-refractivity contribution in [2.75, 3.05) is 13.1 Å². The largest absolute Gasteiger partial charge is 0.340 e. The van der Waals surface area contributed by atoms with E-state index in [-0.39, 0.29) is 5.91 Å². The summed E-state index contributed by atoms with van der Waals surface area (Å²) in [6, 6.07) is 0. The lowest BCUT2D eigenvalue weighted by molar-refractivity contribution is -0.129. The Balaban J connectivity index is 4.06. The quantitative estimate of drug-likeness (QED) is 0.654. The molecular weight excluding hydrogens is 197 g/mol. The van der Waals surface area contributed by atoms with Crippen LogP contribution < -0.4 is 0 Å². The average molecular weight is 212 g/mol. The maximum absolute atomic E-state index is 11.3. The van der Waals surface area contributed by atoms with Crippen molar-refractivity contribution in [1.29, 1.82) is 0 Å². The van der Waals surface area contributed by atoms with Crippen LogP contribution >= 0.6 is 23.2 Å². The van der Waals surface area contributed by atoms with Gasteiger partial charge >= 0.3 is 0 Å². The highest BCUT2D eigenvalue weighted by atomic mass is 35.5. The Labute approximate surface area is 83.8 Å². The minimum Gasteiger partial charge on any atom is -0.340 e. The van der Waals surface area contributed by atoms with Crippen molar-refractivity contribution in [3.05, 3.63) is 0 Å². The van der Waals surface area contributed by atoms with Crippen LogP contribution in [0.5, 0.6) is 0 Å². The van der Waals surface area contributed by atoms with Crippen molar-refractivity contribution in [3.8, 4) is 0 Å². The number of carbonyl (C=O) groups excluding carboxylic acids is 1. The van der Waals surface area contributed by atoms with Gasteiger partial charge in [0.25, 0.3) is 5.91 Å². The smallest absolute Gasteiger partial charge is 0.255 e. The molecule has 0 radical (unpaired) electrons. The monoisotopic (exact) mass is 211 g/mol. The molecule has 0 saturated carbocycles. The summed E-state index contributed by atoms with van der Waals surface area (Å²) in [5, 5.41) is 0. The Bertz CT molecular complexity index is 148. The molecule has 0 atom stereocenters. The van der Waals surface area contributed by atoms with Gasteiger partial charge in [-0.15, -0.1) is 0 Å². The third kappa shape index (κ3) is 4.17. The van der Waals surface area contributed by atoms with Crippen LogP contribution in [0.15, 0.2) is 0 Å². The van der Waals surface area contributed by atoms with E-state index in [9.17, 15) is 4.79 Å². The summed E-state index contributed by atoms with van der Waals surface area (Å²) >= 11 is 10.9. The van der Waals surface area contributed by atoms with Crippen LogP contribution in [-0.4, -0.2) is 28.7 Å². The molecule has 0 N–H and O–H groups in total. The van der Waals surface area contributed by atoms with Crippen LogP contribution in [0.2, 0.25) is 0 Å². The van der Waals surface area contributed by atoms with E-state index in [1.54, 1.807) is 4.90 Å². The van der Waals surface area contributed by atoms with Gasteiger partial charge in [0.1, 0.15) is 0 Å². The molecular formula is C8H15Cl2NO. The molecule has 0 fully saturated rings. The molecule has 0 aromatic heterocycles. The van der Waals surface area contributed by atoms with Gasteiger partial charge in [0.2, 0.25) is 0 Å². The van der Waals surface area contributed by atoms with Gasteiger partial charge < -0.3 is 4.90 Å². The molecule has 1 amide bonds. The second-order valence-corrected chi connectivity index (χ2v) is 4.17. The Morgan fingerprint density at radius 3 is 2.17 bits per heavy atom. The number of hydrogen-bond donors (Lipinski definition) is 0. The highest BCUT2D eigenvalue weighted by Gasteiger charge is 2.18. The standard InChI is InChI=1S/C8H15Cl2NO/c1-4-11(5-6(2)3)8(12)7(9)10/h6-7H,4-5H2,1-3H3. The molecule has 0 aromatic rings. The minimum absolute atomic E-state index is 0.200.